The highest BCUT2D eigenvalue weighted by molar-refractivity contribution is 5.99. The SMILES string of the molecule is CC(C)[C@H]([NH3+])C(=O)N1CCC[C@H]1C(=O)N1CCC[C@H]1C(=O)N1CCC[C@H]1C(=O)N[C@H](C(=O)N1CCC[C@H]1C(=O)N1CCC[C@H]1C(=O)N[C@@H](CCC[NH+]=C(N)N)C(=O)N[C@@H](CCC[NH+]=C(N)N)C(=O)N[C@@H](CCC[NH+]=C(N)N)C(=O)O)C(C)C. The highest BCUT2D eigenvalue weighted by atomic mass is 16.4. The second-order valence-electron chi connectivity index (χ2n) is 23.1. The molecule has 5 fully saturated rings. The predicted molar refractivity (Wildman–Crippen MR) is 301 cm³/mol. The molecule has 464 valence electrons. The van der Waals surface area contributed by atoms with E-state index in [9.17, 15) is 53.1 Å². The standard InChI is InChI=1S/C53H91N19O11/c1-29(2)39(54)48(80)71-27-11-19-37(71)47(79)70-26-10-18-36(70)45(77)69-25-9-17-35(69)44(76)67-40(30(3)4)49(81)72-28-12-20-38(72)46(78)68-24-8-16-34(68)43(75)65-32(14-6-22-62-52(57)58)41(73)64-31(13-5-21-61-51(55)56)42(74)66-33(50(82)83)15-7-23-63-53(59)60/h29-40H,5-28,54H2,1-4H3,(H,64,73)(H,65,75)(H,66,74)(H,67,76)(H,82,83)(H4,55,56,61)(H4,57,58,62)(H4,59,60,63)/p+4/t31-,32-,33-,34-,35-,36-,37-,38-,39-,40-/m0/s1. The van der Waals surface area contributed by atoms with E-state index in [1.807, 2.05) is 13.8 Å². The van der Waals surface area contributed by atoms with Gasteiger partial charge in [-0.25, -0.2) is 4.79 Å². The first-order chi connectivity index (χ1) is 39.3. The molecule has 5 aliphatic heterocycles. The molecule has 9 amide bonds. The van der Waals surface area contributed by atoms with Gasteiger partial charge in [-0.3, -0.25) is 92.5 Å². The van der Waals surface area contributed by atoms with Crippen LogP contribution in [0.1, 0.15) is 130 Å². The zero-order chi connectivity index (χ0) is 61.2. The van der Waals surface area contributed by atoms with E-state index >= 15 is 0 Å². The number of quaternary nitrogens is 1. The number of nitrogens with two attached hydrogens (primary N) is 6. The Morgan fingerprint density at radius 2 is 0.783 bits per heavy atom. The molecule has 0 radical (unpaired) electrons. The average Bonchev–Trinajstić information content (AvgIpc) is 4.16. The van der Waals surface area contributed by atoms with E-state index in [1.54, 1.807) is 23.6 Å². The van der Waals surface area contributed by atoms with Gasteiger partial charge in [0.1, 0.15) is 54.4 Å². The lowest BCUT2D eigenvalue weighted by atomic mass is 10.0. The van der Waals surface area contributed by atoms with E-state index < -0.39 is 108 Å². The zero-order valence-electron chi connectivity index (χ0n) is 48.8. The number of carboxylic acids is 1. The van der Waals surface area contributed by atoms with Gasteiger partial charge in [0, 0.05) is 38.6 Å². The maximum absolute atomic E-state index is 14.7. The quantitative estimate of drug-likeness (QED) is 0.0197. The molecule has 5 heterocycles. The van der Waals surface area contributed by atoms with Crippen LogP contribution in [0.2, 0.25) is 0 Å². The Morgan fingerprint density at radius 3 is 1.17 bits per heavy atom. The highest BCUT2D eigenvalue weighted by Crippen LogP contribution is 2.31. The first kappa shape index (κ1) is 66.3. The van der Waals surface area contributed by atoms with Gasteiger partial charge in [0.2, 0.25) is 47.3 Å². The van der Waals surface area contributed by atoms with Crippen molar-refractivity contribution in [1.82, 2.24) is 45.8 Å². The molecule has 5 saturated heterocycles. The number of guanidine groups is 3. The van der Waals surface area contributed by atoms with Gasteiger partial charge in [-0.05, 0) is 109 Å². The minimum absolute atomic E-state index is 0.00257. The third-order valence-electron chi connectivity index (χ3n) is 16.4. The molecule has 0 bridgehead atoms. The number of carbonyl (C=O) groups excluding carboxylic acids is 9. The van der Waals surface area contributed by atoms with Crippen LogP contribution in [0.3, 0.4) is 0 Å². The Balaban J connectivity index is 1.27. The van der Waals surface area contributed by atoms with Crippen molar-refractivity contribution in [2.75, 3.05) is 52.4 Å². The van der Waals surface area contributed by atoms with Crippen LogP contribution >= 0.6 is 0 Å². The second-order valence-corrected chi connectivity index (χ2v) is 23.1. The Kier molecular flexibility index (Phi) is 24.9. The molecule has 83 heavy (non-hydrogen) atoms. The van der Waals surface area contributed by atoms with Crippen LogP contribution in [0.4, 0.5) is 0 Å². The minimum Gasteiger partial charge on any atom is -0.480 e. The predicted octanol–water partition coefficient (Wildman–Crippen LogP) is -10.7. The smallest absolute Gasteiger partial charge is 0.338 e. The summed E-state index contributed by atoms with van der Waals surface area (Å²) in [7, 11) is 0. The van der Waals surface area contributed by atoms with Crippen molar-refractivity contribution in [2.45, 2.75) is 191 Å². The molecule has 23 N–H and O–H groups in total. The number of carbonyl (C=O) groups is 10. The van der Waals surface area contributed by atoms with Gasteiger partial charge >= 0.3 is 23.8 Å². The third-order valence-corrected chi connectivity index (χ3v) is 16.4. The van der Waals surface area contributed by atoms with Crippen LogP contribution in [0.15, 0.2) is 0 Å². The van der Waals surface area contributed by atoms with Crippen LogP contribution in [0.25, 0.3) is 0 Å². The molecule has 5 aliphatic rings. The molecule has 30 nitrogen and oxygen atoms in total. The third kappa shape index (κ3) is 18.0. The maximum Gasteiger partial charge on any atom is 0.338 e. The van der Waals surface area contributed by atoms with E-state index in [0.29, 0.717) is 64.5 Å². The Hall–Kier alpha value is -7.53. The van der Waals surface area contributed by atoms with Gasteiger partial charge in [0.05, 0.1) is 19.6 Å². The van der Waals surface area contributed by atoms with Crippen molar-refractivity contribution < 1.29 is 73.8 Å². The number of hydrogen-bond donors (Lipinski definition) is 15. The van der Waals surface area contributed by atoms with Crippen LogP contribution in [-0.2, 0) is 47.9 Å². The van der Waals surface area contributed by atoms with Crippen molar-refractivity contribution in [2.24, 2.45) is 46.2 Å². The molecule has 30 heteroatoms. The molecule has 0 aromatic heterocycles. The molecule has 0 aromatic rings. The average molecular weight is 1170 g/mol. The zero-order valence-corrected chi connectivity index (χ0v) is 48.8. The minimum atomic E-state index is -1.35. The fourth-order valence-corrected chi connectivity index (χ4v) is 11.7. The number of likely N-dealkylation sites (tertiary alicyclic amines) is 5. The van der Waals surface area contributed by atoms with Crippen LogP contribution in [-0.4, -0.2) is 219 Å². The fraction of sp³-hybridized carbons (Fsp3) is 0.755. The summed E-state index contributed by atoms with van der Waals surface area (Å²) < 4.78 is 0. The highest BCUT2D eigenvalue weighted by Gasteiger charge is 2.49. The number of aliphatic carboxylic acids is 1. The van der Waals surface area contributed by atoms with Crippen molar-refractivity contribution in [3.63, 3.8) is 0 Å². The first-order valence-electron chi connectivity index (χ1n) is 29.5. The molecule has 10 atom stereocenters. The summed E-state index contributed by atoms with van der Waals surface area (Å²) in [4.78, 5) is 156. The molecule has 0 aromatic carbocycles. The second kappa shape index (κ2) is 31.2. The van der Waals surface area contributed by atoms with Gasteiger partial charge in [0.25, 0.3) is 5.91 Å². The number of amides is 9. The Bertz CT molecular complexity index is 2430. The van der Waals surface area contributed by atoms with Gasteiger partial charge in [-0.15, -0.1) is 0 Å². The summed E-state index contributed by atoms with van der Waals surface area (Å²) in [6.07, 6.45) is 5.15. The molecule has 0 saturated carbocycles. The number of nitrogens with zero attached hydrogens (tertiary/aromatic N) is 5. The molecule has 0 unspecified atom stereocenters. The summed E-state index contributed by atoms with van der Waals surface area (Å²) >= 11 is 0. The summed E-state index contributed by atoms with van der Waals surface area (Å²) in [6.45, 7) is 9.43. The van der Waals surface area contributed by atoms with Gasteiger partial charge in [-0.2, -0.15) is 0 Å². The first-order valence-corrected chi connectivity index (χ1v) is 29.5. The number of hydrogen-bond acceptors (Lipinski definition) is 10. The summed E-state index contributed by atoms with van der Waals surface area (Å²) in [5.41, 5.74) is 37.2. The maximum atomic E-state index is 14.7. The van der Waals surface area contributed by atoms with Crippen LogP contribution in [0, 0.1) is 11.8 Å². The Morgan fingerprint density at radius 1 is 0.458 bits per heavy atom. The van der Waals surface area contributed by atoms with Gasteiger partial charge < -0.3 is 56.6 Å². The monoisotopic (exact) mass is 1170 g/mol. The molecule has 0 spiro atoms. The van der Waals surface area contributed by atoms with E-state index in [2.05, 4.69) is 42.0 Å². The van der Waals surface area contributed by atoms with Crippen LogP contribution < -0.4 is 76.4 Å². The molecular formula is C53H95N19O11+4. The Labute approximate surface area is 484 Å². The largest absolute Gasteiger partial charge is 0.480 e. The van der Waals surface area contributed by atoms with E-state index in [4.69, 9.17) is 34.4 Å². The molecule has 0 aliphatic carbocycles. The lowest BCUT2D eigenvalue weighted by molar-refractivity contribution is -0.460. The van der Waals surface area contributed by atoms with Gasteiger partial charge in [0.15, 0.2) is 6.04 Å². The summed E-state index contributed by atoms with van der Waals surface area (Å²) in [6, 6.07) is -9.96. The molecule has 5 rings (SSSR count). The van der Waals surface area contributed by atoms with Gasteiger partial charge in [-0.1, -0.05) is 27.7 Å². The topological polar surface area (TPSA) is 481 Å². The van der Waals surface area contributed by atoms with E-state index in [-0.39, 0.29) is 132 Å². The number of rotatable bonds is 28. The van der Waals surface area contributed by atoms with Crippen molar-refractivity contribution in [3.05, 3.63) is 0 Å². The molecular weight excluding hydrogens is 1080 g/mol. The van der Waals surface area contributed by atoms with E-state index in [0.717, 1.165) is 0 Å². The van der Waals surface area contributed by atoms with Crippen molar-refractivity contribution in [1.29, 1.82) is 0 Å². The van der Waals surface area contributed by atoms with Crippen molar-refractivity contribution >= 4 is 77.0 Å². The van der Waals surface area contributed by atoms with Crippen LogP contribution in [0.5, 0.6) is 0 Å². The van der Waals surface area contributed by atoms with Crippen molar-refractivity contribution in [3.8, 4) is 0 Å². The number of carboxylic acid groups (broad SMARTS) is 1. The lowest BCUT2D eigenvalue weighted by Crippen LogP contribution is -2.78. The normalized spacial score (nSPS) is 22.3. The van der Waals surface area contributed by atoms with E-state index in [1.165, 1.54) is 14.7 Å². The summed E-state index contributed by atoms with van der Waals surface area (Å²) in [5, 5.41) is 20.9. The lowest BCUT2D eigenvalue weighted by Gasteiger charge is -2.36. The summed E-state index contributed by atoms with van der Waals surface area (Å²) in [5.74, 6) is -6.52. The fourth-order valence-electron chi connectivity index (χ4n) is 11.7. The number of nitrogens with one attached hydrogen (secondary N) is 7.